The standard InChI is InChI=1S/C19H23N3O3/c1-22(2)19(24)14-8-10-16(17(12-14)25-3)21-18(23)11-9-13-6-4-5-7-15(13)20/h4-8,10,12H,9,11,20H2,1-3H3,(H,21,23). The number of ether oxygens (including phenoxy) is 1. The molecule has 0 aliphatic heterocycles. The zero-order valence-corrected chi connectivity index (χ0v) is 14.7. The largest absolute Gasteiger partial charge is 0.495 e. The first kappa shape index (κ1) is 18.3. The van der Waals surface area contributed by atoms with Gasteiger partial charge in [-0.15, -0.1) is 0 Å². The Balaban J connectivity index is 2.05. The molecule has 0 unspecified atom stereocenters. The van der Waals surface area contributed by atoms with Crippen molar-refractivity contribution in [2.24, 2.45) is 0 Å². The molecule has 0 atom stereocenters. The fourth-order valence-corrected chi connectivity index (χ4v) is 2.41. The number of benzene rings is 2. The molecule has 2 rings (SSSR count). The van der Waals surface area contributed by atoms with Crippen molar-refractivity contribution in [3.63, 3.8) is 0 Å². The number of hydrogen-bond acceptors (Lipinski definition) is 4. The Morgan fingerprint density at radius 1 is 1.16 bits per heavy atom. The summed E-state index contributed by atoms with van der Waals surface area (Å²) < 4.78 is 5.29. The number of carbonyl (C=O) groups is 2. The number of anilines is 2. The molecule has 0 radical (unpaired) electrons. The van der Waals surface area contributed by atoms with Gasteiger partial charge in [0.1, 0.15) is 5.75 Å². The third-order valence-corrected chi connectivity index (χ3v) is 3.81. The molecule has 132 valence electrons. The van der Waals surface area contributed by atoms with Crippen LogP contribution >= 0.6 is 0 Å². The van der Waals surface area contributed by atoms with Crippen molar-refractivity contribution in [1.82, 2.24) is 4.90 Å². The van der Waals surface area contributed by atoms with Crippen LogP contribution in [0.15, 0.2) is 42.5 Å². The van der Waals surface area contributed by atoms with Crippen molar-refractivity contribution in [1.29, 1.82) is 0 Å². The molecule has 6 nitrogen and oxygen atoms in total. The van der Waals surface area contributed by atoms with E-state index >= 15 is 0 Å². The molecule has 0 spiro atoms. The Labute approximate surface area is 147 Å². The predicted molar refractivity (Wildman–Crippen MR) is 98.8 cm³/mol. The number of nitrogens with one attached hydrogen (secondary N) is 1. The van der Waals surface area contributed by atoms with Crippen LogP contribution in [0.1, 0.15) is 22.3 Å². The normalized spacial score (nSPS) is 10.2. The number of aryl methyl sites for hydroxylation is 1. The monoisotopic (exact) mass is 341 g/mol. The highest BCUT2D eigenvalue weighted by atomic mass is 16.5. The third-order valence-electron chi connectivity index (χ3n) is 3.81. The summed E-state index contributed by atoms with van der Waals surface area (Å²) in [6.07, 6.45) is 0.855. The number of nitrogen functional groups attached to an aromatic ring is 1. The van der Waals surface area contributed by atoms with E-state index in [1.165, 1.54) is 12.0 Å². The minimum absolute atomic E-state index is 0.129. The molecular weight excluding hydrogens is 318 g/mol. The van der Waals surface area contributed by atoms with Crippen LogP contribution < -0.4 is 15.8 Å². The molecular formula is C19H23N3O3. The molecule has 0 saturated carbocycles. The number of amides is 2. The Hall–Kier alpha value is -3.02. The molecule has 6 heteroatoms. The maximum absolute atomic E-state index is 12.2. The fourth-order valence-electron chi connectivity index (χ4n) is 2.41. The summed E-state index contributed by atoms with van der Waals surface area (Å²) in [7, 11) is 4.86. The lowest BCUT2D eigenvalue weighted by molar-refractivity contribution is -0.116. The lowest BCUT2D eigenvalue weighted by Crippen LogP contribution is -2.21. The summed E-state index contributed by atoms with van der Waals surface area (Å²) >= 11 is 0. The van der Waals surface area contributed by atoms with Gasteiger partial charge in [-0.05, 0) is 36.2 Å². The Morgan fingerprint density at radius 2 is 1.88 bits per heavy atom. The Kier molecular flexibility index (Phi) is 6.00. The average molecular weight is 341 g/mol. The summed E-state index contributed by atoms with van der Waals surface area (Å²) in [4.78, 5) is 25.7. The van der Waals surface area contributed by atoms with Crippen LogP contribution in [0, 0.1) is 0 Å². The number of nitrogens with zero attached hydrogens (tertiary/aromatic N) is 1. The van der Waals surface area contributed by atoms with E-state index in [2.05, 4.69) is 5.32 Å². The van der Waals surface area contributed by atoms with E-state index in [0.717, 1.165) is 5.56 Å². The minimum Gasteiger partial charge on any atom is -0.495 e. The third kappa shape index (κ3) is 4.73. The van der Waals surface area contributed by atoms with Crippen LogP contribution in [0.4, 0.5) is 11.4 Å². The van der Waals surface area contributed by atoms with Gasteiger partial charge in [0.25, 0.3) is 5.91 Å². The van der Waals surface area contributed by atoms with Crippen LogP contribution in [0.3, 0.4) is 0 Å². The second-order valence-electron chi connectivity index (χ2n) is 5.86. The molecule has 0 saturated heterocycles. The highest BCUT2D eigenvalue weighted by Crippen LogP contribution is 2.26. The van der Waals surface area contributed by atoms with E-state index in [4.69, 9.17) is 10.5 Å². The zero-order valence-electron chi connectivity index (χ0n) is 14.7. The van der Waals surface area contributed by atoms with Gasteiger partial charge < -0.3 is 20.7 Å². The minimum atomic E-state index is -0.145. The zero-order chi connectivity index (χ0) is 18.4. The Bertz CT molecular complexity index is 772. The highest BCUT2D eigenvalue weighted by Gasteiger charge is 2.13. The van der Waals surface area contributed by atoms with Gasteiger partial charge >= 0.3 is 0 Å². The van der Waals surface area contributed by atoms with Gasteiger partial charge in [-0.25, -0.2) is 0 Å². The van der Waals surface area contributed by atoms with Crippen LogP contribution in [0.5, 0.6) is 5.75 Å². The fraction of sp³-hybridized carbons (Fsp3) is 0.263. The Morgan fingerprint density at radius 3 is 2.52 bits per heavy atom. The van der Waals surface area contributed by atoms with Gasteiger partial charge in [0.15, 0.2) is 0 Å². The average Bonchev–Trinajstić information content (AvgIpc) is 2.60. The van der Waals surface area contributed by atoms with E-state index in [1.807, 2.05) is 24.3 Å². The van der Waals surface area contributed by atoms with Gasteiger partial charge in [0, 0.05) is 31.8 Å². The van der Waals surface area contributed by atoms with E-state index in [9.17, 15) is 9.59 Å². The second kappa shape index (κ2) is 8.19. The molecule has 3 N–H and O–H groups in total. The number of carbonyl (C=O) groups excluding carboxylic acids is 2. The topological polar surface area (TPSA) is 84.7 Å². The molecule has 0 aromatic heterocycles. The van der Waals surface area contributed by atoms with Crippen LogP contribution in [0.25, 0.3) is 0 Å². The number of nitrogens with two attached hydrogens (primary N) is 1. The van der Waals surface area contributed by atoms with Crippen LogP contribution in [-0.4, -0.2) is 37.9 Å². The van der Waals surface area contributed by atoms with E-state index < -0.39 is 0 Å². The van der Waals surface area contributed by atoms with Gasteiger partial charge in [0.05, 0.1) is 12.8 Å². The maximum Gasteiger partial charge on any atom is 0.253 e. The number of para-hydroxylation sites is 1. The molecule has 25 heavy (non-hydrogen) atoms. The molecule has 0 heterocycles. The summed E-state index contributed by atoms with van der Waals surface area (Å²) in [5.41, 5.74) is 8.54. The first-order chi connectivity index (χ1) is 11.9. The number of methoxy groups -OCH3 is 1. The molecule has 0 fully saturated rings. The molecule has 0 aliphatic carbocycles. The summed E-state index contributed by atoms with van der Waals surface area (Å²) in [6, 6.07) is 12.4. The van der Waals surface area contributed by atoms with Gasteiger partial charge in [-0.2, -0.15) is 0 Å². The lowest BCUT2D eigenvalue weighted by atomic mass is 10.1. The number of rotatable bonds is 6. The molecule has 0 aliphatic rings. The van der Waals surface area contributed by atoms with Crippen LogP contribution in [0.2, 0.25) is 0 Å². The molecule has 0 bridgehead atoms. The molecule has 2 aromatic carbocycles. The van der Waals surface area contributed by atoms with E-state index in [-0.39, 0.29) is 11.8 Å². The second-order valence-corrected chi connectivity index (χ2v) is 5.86. The van der Waals surface area contributed by atoms with Gasteiger partial charge in [0.2, 0.25) is 5.91 Å². The van der Waals surface area contributed by atoms with Crippen LogP contribution in [-0.2, 0) is 11.2 Å². The van der Waals surface area contributed by atoms with Gasteiger partial charge in [-0.3, -0.25) is 9.59 Å². The predicted octanol–water partition coefficient (Wildman–Crippen LogP) is 2.55. The molecule has 2 amide bonds. The van der Waals surface area contributed by atoms with Crippen molar-refractivity contribution >= 4 is 23.2 Å². The molecule has 2 aromatic rings. The van der Waals surface area contributed by atoms with Crippen molar-refractivity contribution in [2.45, 2.75) is 12.8 Å². The first-order valence-corrected chi connectivity index (χ1v) is 7.95. The quantitative estimate of drug-likeness (QED) is 0.791. The summed E-state index contributed by atoms with van der Waals surface area (Å²) in [5.74, 6) is 0.171. The van der Waals surface area contributed by atoms with E-state index in [0.29, 0.717) is 35.5 Å². The van der Waals surface area contributed by atoms with Gasteiger partial charge in [-0.1, -0.05) is 18.2 Å². The van der Waals surface area contributed by atoms with Crippen molar-refractivity contribution in [2.75, 3.05) is 32.3 Å². The lowest BCUT2D eigenvalue weighted by Gasteiger charge is -2.14. The smallest absolute Gasteiger partial charge is 0.253 e. The maximum atomic E-state index is 12.2. The van der Waals surface area contributed by atoms with Crippen molar-refractivity contribution in [3.8, 4) is 5.75 Å². The SMILES string of the molecule is COc1cc(C(=O)N(C)C)ccc1NC(=O)CCc1ccccc1N. The number of hydrogen-bond donors (Lipinski definition) is 2. The van der Waals surface area contributed by atoms with Crippen molar-refractivity contribution in [3.05, 3.63) is 53.6 Å². The van der Waals surface area contributed by atoms with E-state index in [1.54, 1.807) is 32.3 Å². The first-order valence-electron chi connectivity index (χ1n) is 7.95. The van der Waals surface area contributed by atoms with Crippen molar-refractivity contribution < 1.29 is 14.3 Å². The summed E-state index contributed by atoms with van der Waals surface area (Å²) in [5, 5.41) is 2.82. The summed E-state index contributed by atoms with van der Waals surface area (Å²) in [6.45, 7) is 0. The highest BCUT2D eigenvalue weighted by molar-refractivity contribution is 5.97.